The Morgan fingerprint density at radius 2 is 1.87 bits per heavy atom. The van der Waals surface area contributed by atoms with E-state index < -0.39 is 17.7 Å². The monoisotopic (exact) mass is 426 g/mol. The van der Waals surface area contributed by atoms with Crippen molar-refractivity contribution in [3.63, 3.8) is 0 Å². The lowest BCUT2D eigenvalue weighted by Gasteiger charge is -2.11. The molecule has 2 aromatic carbocycles. The third-order valence-corrected chi connectivity index (χ3v) is 4.56. The first-order valence-electron chi connectivity index (χ1n) is 9.31. The van der Waals surface area contributed by atoms with Crippen molar-refractivity contribution in [3.05, 3.63) is 83.0 Å². The molecule has 0 fully saturated rings. The van der Waals surface area contributed by atoms with E-state index in [1.807, 2.05) is 6.07 Å². The fraction of sp³-hybridized carbons (Fsp3) is 0.174. The summed E-state index contributed by atoms with van der Waals surface area (Å²) in [5.41, 5.74) is 1.05. The molecule has 0 aliphatic heterocycles. The second-order valence-electron chi connectivity index (χ2n) is 6.67. The van der Waals surface area contributed by atoms with Gasteiger partial charge in [-0.3, -0.25) is 4.98 Å². The van der Waals surface area contributed by atoms with E-state index in [0.29, 0.717) is 24.2 Å². The van der Waals surface area contributed by atoms with Crippen molar-refractivity contribution < 1.29 is 27.8 Å². The second-order valence-corrected chi connectivity index (χ2v) is 6.67. The molecular weight excluding hydrogens is 409 g/mol. The van der Waals surface area contributed by atoms with Gasteiger partial charge >= 0.3 is 12.1 Å². The summed E-state index contributed by atoms with van der Waals surface area (Å²) in [6, 6.07) is 14.7. The number of carboxylic acids is 1. The summed E-state index contributed by atoms with van der Waals surface area (Å²) >= 11 is 0. The zero-order valence-corrected chi connectivity index (χ0v) is 16.2. The SMILES string of the molecule is N#Cc1cc(-c2ncccc2C(=O)O)ccc1OCCCc1ccc(C(F)(F)F)cc1. The number of hydrogen-bond donors (Lipinski definition) is 1. The molecule has 8 heteroatoms. The van der Waals surface area contributed by atoms with Crippen molar-refractivity contribution in [3.8, 4) is 23.1 Å². The molecular formula is C23H17F3N2O3. The molecule has 0 spiro atoms. The van der Waals surface area contributed by atoms with Gasteiger partial charge in [-0.25, -0.2) is 4.79 Å². The third-order valence-electron chi connectivity index (χ3n) is 4.56. The Balaban J connectivity index is 1.64. The smallest absolute Gasteiger partial charge is 0.416 e. The van der Waals surface area contributed by atoms with Crippen molar-refractivity contribution in [2.24, 2.45) is 0 Å². The highest BCUT2D eigenvalue weighted by atomic mass is 19.4. The maximum absolute atomic E-state index is 12.6. The largest absolute Gasteiger partial charge is 0.492 e. The summed E-state index contributed by atoms with van der Waals surface area (Å²) in [4.78, 5) is 15.5. The van der Waals surface area contributed by atoms with Gasteiger partial charge in [-0.2, -0.15) is 18.4 Å². The topological polar surface area (TPSA) is 83.2 Å². The van der Waals surface area contributed by atoms with Crippen LogP contribution in [0.25, 0.3) is 11.3 Å². The highest BCUT2D eigenvalue weighted by Gasteiger charge is 2.29. The van der Waals surface area contributed by atoms with Gasteiger partial charge in [-0.15, -0.1) is 0 Å². The lowest BCUT2D eigenvalue weighted by atomic mass is 10.0. The Hall–Kier alpha value is -3.86. The summed E-state index contributed by atoms with van der Waals surface area (Å²) in [5, 5.41) is 18.8. The van der Waals surface area contributed by atoms with E-state index in [-0.39, 0.29) is 23.4 Å². The van der Waals surface area contributed by atoms with E-state index in [0.717, 1.165) is 17.7 Å². The number of carboxylic acid groups (broad SMARTS) is 1. The van der Waals surface area contributed by atoms with Crippen LogP contribution in [0.4, 0.5) is 13.2 Å². The fourth-order valence-electron chi connectivity index (χ4n) is 3.02. The van der Waals surface area contributed by atoms with Crippen molar-refractivity contribution in [2.75, 3.05) is 6.61 Å². The van der Waals surface area contributed by atoms with E-state index in [9.17, 15) is 28.3 Å². The number of aromatic carboxylic acids is 1. The molecule has 1 heterocycles. The number of alkyl halides is 3. The van der Waals surface area contributed by atoms with Crippen LogP contribution < -0.4 is 4.74 Å². The molecule has 1 aromatic heterocycles. The number of hydrogen-bond acceptors (Lipinski definition) is 4. The molecule has 0 radical (unpaired) electrons. The summed E-state index contributed by atoms with van der Waals surface area (Å²) in [6.45, 7) is 0.263. The summed E-state index contributed by atoms with van der Waals surface area (Å²) in [6.07, 6.45) is -1.82. The Kier molecular flexibility index (Phi) is 6.55. The zero-order valence-electron chi connectivity index (χ0n) is 16.2. The van der Waals surface area contributed by atoms with Crippen LogP contribution in [-0.2, 0) is 12.6 Å². The van der Waals surface area contributed by atoms with Crippen LogP contribution in [0.15, 0.2) is 60.8 Å². The average molecular weight is 426 g/mol. The van der Waals surface area contributed by atoms with Crippen LogP contribution in [0.5, 0.6) is 5.75 Å². The summed E-state index contributed by atoms with van der Waals surface area (Å²) in [7, 11) is 0. The van der Waals surface area contributed by atoms with Gasteiger partial charge in [-0.05, 0) is 60.9 Å². The Morgan fingerprint density at radius 3 is 2.52 bits per heavy atom. The van der Waals surface area contributed by atoms with Crippen molar-refractivity contribution in [1.29, 1.82) is 5.26 Å². The molecule has 158 valence electrons. The van der Waals surface area contributed by atoms with Gasteiger partial charge < -0.3 is 9.84 Å². The minimum atomic E-state index is -4.36. The number of benzene rings is 2. The fourth-order valence-corrected chi connectivity index (χ4v) is 3.02. The summed E-state index contributed by atoms with van der Waals surface area (Å²) in [5.74, 6) is -0.781. The van der Waals surface area contributed by atoms with Crippen LogP contribution in [0.1, 0.15) is 33.5 Å². The molecule has 0 saturated carbocycles. The van der Waals surface area contributed by atoms with E-state index in [1.54, 1.807) is 12.1 Å². The van der Waals surface area contributed by atoms with Gasteiger partial charge in [0.05, 0.1) is 29.0 Å². The predicted molar refractivity (Wildman–Crippen MR) is 107 cm³/mol. The minimum absolute atomic E-state index is 0.0246. The maximum Gasteiger partial charge on any atom is 0.416 e. The van der Waals surface area contributed by atoms with Crippen LogP contribution >= 0.6 is 0 Å². The van der Waals surface area contributed by atoms with Crippen LogP contribution in [0.2, 0.25) is 0 Å². The molecule has 0 atom stereocenters. The van der Waals surface area contributed by atoms with Crippen LogP contribution in [0, 0.1) is 11.3 Å². The molecule has 0 unspecified atom stereocenters. The number of halogens is 3. The van der Waals surface area contributed by atoms with Gasteiger partial charge in [0.1, 0.15) is 11.8 Å². The number of rotatable bonds is 7. The van der Waals surface area contributed by atoms with Gasteiger partial charge in [0.25, 0.3) is 0 Å². The Labute approximate surface area is 176 Å². The average Bonchev–Trinajstić information content (AvgIpc) is 2.76. The number of aryl methyl sites for hydroxylation is 1. The molecule has 0 saturated heterocycles. The molecule has 0 aliphatic rings. The van der Waals surface area contributed by atoms with Crippen LogP contribution in [0.3, 0.4) is 0 Å². The molecule has 1 N–H and O–H groups in total. The maximum atomic E-state index is 12.6. The predicted octanol–water partition coefficient (Wildman–Crippen LogP) is 5.35. The van der Waals surface area contributed by atoms with Crippen molar-refractivity contribution >= 4 is 5.97 Å². The van der Waals surface area contributed by atoms with Crippen molar-refractivity contribution in [1.82, 2.24) is 4.98 Å². The highest BCUT2D eigenvalue weighted by Crippen LogP contribution is 2.30. The molecule has 3 rings (SSSR count). The quantitative estimate of drug-likeness (QED) is 0.515. The second kappa shape index (κ2) is 9.30. The third kappa shape index (κ3) is 5.39. The minimum Gasteiger partial charge on any atom is -0.492 e. The molecule has 31 heavy (non-hydrogen) atoms. The Morgan fingerprint density at radius 1 is 1.13 bits per heavy atom. The standard InChI is InChI=1S/C23H17F3N2O3/c24-23(25,26)18-8-5-15(6-9-18)3-2-12-31-20-10-7-16(13-17(20)14-27)21-19(22(29)30)4-1-11-28-21/h1,4-11,13H,2-3,12H2,(H,29,30). The van der Waals surface area contributed by atoms with E-state index in [2.05, 4.69) is 4.98 Å². The first kappa shape index (κ1) is 21.8. The molecule has 5 nitrogen and oxygen atoms in total. The molecule has 3 aromatic rings. The number of pyridine rings is 1. The molecule has 0 aliphatic carbocycles. The van der Waals surface area contributed by atoms with Crippen LogP contribution in [-0.4, -0.2) is 22.7 Å². The van der Waals surface area contributed by atoms with Gasteiger partial charge in [-0.1, -0.05) is 12.1 Å². The number of aromatic nitrogens is 1. The summed E-state index contributed by atoms with van der Waals surface area (Å²) < 4.78 is 43.5. The number of ether oxygens (including phenoxy) is 1. The molecule has 0 amide bonds. The number of nitriles is 1. The van der Waals surface area contributed by atoms with Gasteiger partial charge in [0.15, 0.2) is 0 Å². The van der Waals surface area contributed by atoms with Crippen molar-refractivity contribution in [2.45, 2.75) is 19.0 Å². The first-order valence-corrected chi connectivity index (χ1v) is 9.31. The number of nitrogens with zero attached hydrogens (tertiary/aromatic N) is 2. The lowest BCUT2D eigenvalue weighted by molar-refractivity contribution is -0.137. The normalized spacial score (nSPS) is 11.0. The van der Waals surface area contributed by atoms with E-state index in [1.165, 1.54) is 36.5 Å². The van der Waals surface area contributed by atoms with Gasteiger partial charge in [0.2, 0.25) is 0 Å². The Bertz CT molecular complexity index is 1120. The highest BCUT2D eigenvalue weighted by molar-refractivity contribution is 5.94. The first-order chi connectivity index (χ1) is 14.8. The lowest BCUT2D eigenvalue weighted by Crippen LogP contribution is -2.05. The number of carbonyl (C=O) groups is 1. The van der Waals surface area contributed by atoms with E-state index >= 15 is 0 Å². The zero-order chi connectivity index (χ0) is 22.4. The van der Waals surface area contributed by atoms with Gasteiger partial charge in [0, 0.05) is 11.8 Å². The molecule has 0 bridgehead atoms. The van der Waals surface area contributed by atoms with E-state index in [4.69, 9.17) is 4.74 Å².